The van der Waals surface area contributed by atoms with Crippen molar-refractivity contribution in [2.45, 2.75) is 26.1 Å². The van der Waals surface area contributed by atoms with E-state index in [0.29, 0.717) is 42.8 Å². The van der Waals surface area contributed by atoms with Crippen LogP contribution in [0.5, 0.6) is 11.5 Å². The molecule has 0 aliphatic heterocycles. The monoisotopic (exact) mass is 625 g/mol. The summed E-state index contributed by atoms with van der Waals surface area (Å²) in [5.74, 6) is 1.04. The zero-order valence-electron chi connectivity index (χ0n) is 19.7. The Hall–Kier alpha value is -3.61. The summed E-state index contributed by atoms with van der Waals surface area (Å²) in [6.07, 6.45) is -1.12. The molecule has 11 heteroatoms. The molecule has 0 radical (unpaired) electrons. The molecule has 37 heavy (non-hydrogen) atoms. The van der Waals surface area contributed by atoms with Crippen LogP contribution in [0, 0.1) is 13.7 Å². The highest BCUT2D eigenvalue weighted by molar-refractivity contribution is 14.1. The average Bonchev–Trinajstić information content (AvgIpc) is 2.84. The third-order valence-electron chi connectivity index (χ3n) is 5.04. The predicted molar refractivity (Wildman–Crippen MR) is 144 cm³/mol. The zero-order chi connectivity index (χ0) is 27.0. The van der Waals surface area contributed by atoms with Crippen molar-refractivity contribution in [1.82, 2.24) is 0 Å². The van der Waals surface area contributed by atoms with Gasteiger partial charge in [-0.05, 0) is 83.5 Å². The Morgan fingerprint density at radius 1 is 1.14 bits per heavy atom. The van der Waals surface area contributed by atoms with Crippen molar-refractivity contribution < 1.29 is 27.6 Å². The van der Waals surface area contributed by atoms with E-state index in [1.807, 2.05) is 31.2 Å². The van der Waals surface area contributed by atoms with Gasteiger partial charge in [-0.2, -0.15) is 18.3 Å². The van der Waals surface area contributed by atoms with Crippen molar-refractivity contribution in [3.8, 4) is 11.5 Å². The minimum Gasteiger partial charge on any atom is -0.490 e. The van der Waals surface area contributed by atoms with Gasteiger partial charge < -0.3 is 9.47 Å². The molecule has 0 atom stereocenters. The highest BCUT2D eigenvalue weighted by Gasteiger charge is 2.33. The molecular formula is C26H23F3IN3O4. The molecule has 0 bridgehead atoms. The van der Waals surface area contributed by atoms with Gasteiger partial charge in [0.15, 0.2) is 11.5 Å². The molecule has 3 aromatic rings. The zero-order valence-corrected chi connectivity index (χ0v) is 21.9. The summed E-state index contributed by atoms with van der Waals surface area (Å²) in [4.78, 5) is 10.4. The number of nitro groups is 1. The molecule has 0 fully saturated rings. The van der Waals surface area contributed by atoms with Crippen LogP contribution in [0.1, 0.15) is 29.2 Å². The molecule has 0 saturated carbocycles. The van der Waals surface area contributed by atoms with Crippen molar-refractivity contribution in [2.24, 2.45) is 5.10 Å². The van der Waals surface area contributed by atoms with Gasteiger partial charge in [-0.25, -0.2) is 0 Å². The molecule has 0 spiro atoms. The standard InChI is InChI=1S/C26H23F3IN3O4/c1-3-5-19-12-18(13-24(36-4-2)25(19)37-16-17-6-9-21(30)10-7-17)15-31-32-22-11-8-20(26(27,28)29)14-23(22)33(34)35/h3,6-15,32H,1,4-5,16H2,2H3/b31-15-. The SMILES string of the molecule is C=CCc1cc(/C=N\Nc2ccc(C(F)(F)F)cc2[N+](=O)[O-])cc(OCC)c1OCc1ccc(I)cc1. The second-order valence-corrected chi connectivity index (χ2v) is 8.95. The lowest BCUT2D eigenvalue weighted by atomic mass is 10.1. The summed E-state index contributed by atoms with van der Waals surface area (Å²) >= 11 is 2.23. The third-order valence-corrected chi connectivity index (χ3v) is 5.75. The number of nitro benzene ring substituents is 1. The summed E-state index contributed by atoms with van der Waals surface area (Å²) in [7, 11) is 0. The number of ether oxygens (including phenoxy) is 2. The minimum atomic E-state index is -4.70. The Kier molecular flexibility index (Phi) is 9.50. The molecule has 0 aliphatic carbocycles. The predicted octanol–water partition coefficient (Wildman–Crippen LogP) is 7.37. The minimum absolute atomic E-state index is 0.178. The maximum atomic E-state index is 12.9. The van der Waals surface area contributed by atoms with Crippen molar-refractivity contribution in [3.63, 3.8) is 0 Å². The first-order chi connectivity index (χ1) is 17.6. The van der Waals surface area contributed by atoms with Crippen molar-refractivity contribution in [3.05, 3.63) is 103 Å². The molecule has 3 aromatic carbocycles. The van der Waals surface area contributed by atoms with Gasteiger partial charge in [0.05, 0.1) is 23.3 Å². The van der Waals surface area contributed by atoms with E-state index in [0.717, 1.165) is 26.8 Å². The van der Waals surface area contributed by atoms with Gasteiger partial charge in [0.25, 0.3) is 5.69 Å². The van der Waals surface area contributed by atoms with Crippen LogP contribution >= 0.6 is 22.6 Å². The fourth-order valence-electron chi connectivity index (χ4n) is 3.36. The molecule has 0 amide bonds. The number of allylic oxidation sites excluding steroid dienone is 1. The molecule has 7 nitrogen and oxygen atoms in total. The van der Waals surface area contributed by atoms with Crippen molar-refractivity contribution >= 4 is 40.2 Å². The van der Waals surface area contributed by atoms with E-state index < -0.39 is 22.4 Å². The van der Waals surface area contributed by atoms with Gasteiger partial charge in [0.2, 0.25) is 0 Å². The molecule has 0 heterocycles. The lowest BCUT2D eigenvalue weighted by Gasteiger charge is -2.17. The van der Waals surface area contributed by atoms with Crippen LogP contribution < -0.4 is 14.9 Å². The largest absolute Gasteiger partial charge is 0.490 e. The van der Waals surface area contributed by atoms with Crippen LogP contribution in [0.25, 0.3) is 0 Å². The molecular weight excluding hydrogens is 602 g/mol. The number of rotatable bonds is 11. The lowest BCUT2D eigenvalue weighted by Crippen LogP contribution is -2.07. The Balaban J connectivity index is 1.87. The van der Waals surface area contributed by atoms with E-state index in [-0.39, 0.29) is 5.69 Å². The number of hydrogen-bond acceptors (Lipinski definition) is 6. The van der Waals surface area contributed by atoms with Gasteiger partial charge >= 0.3 is 6.18 Å². The number of anilines is 1. The first kappa shape index (κ1) is 28.0. The Morgan fingerprint density at radius 3 is 2.49 bits per heavy atom. The molecule has 0 unspecified atom stereocenters. The fourth-order valence-corrected chi connectivity index (χ4v) is 3.72. The Bertz CT molecular complexity index is 1300. The number of hydrazone groups is 1. The van der Waals surface area contributed by atoms with Crippen LogP contribution in [-0.4, -0.2) is 17.7 Å². The van der Waals surface area contributed by atoms with E-state index in [1.165, 1.54) is 6.21 Å². The molecule has 0 aromatic heterocycles. The third kappa shape index (κ3) is 7.68. The molecule has 1 N–H and O–H groups in total. The Labute approximate surface area is 225 Å². The van der Waals surface area contributed by atoms with Crippen LogP contribution in [0.4, 0.5) is 24.5 Å². The van der Waals surface area contributed by atoms with E-state index in [2.05, 4.69) is 39.7 Å². The first-order valence-electron chi connectivity index (χ1n) is 11.0. The highest BCUT2D eigenvalue weighted by Crippen LogP contribution is 2.36. The number of alkyl halides is 3. The van der Waals surface area contributed by atoms with Crippen molar-refractivity contribution in [2.75, 3.05) is 12.0 Å². The van der Waals surface area contributed by atoms with Crippen LogP contribution in [-0.2, 0) is 19.2 Å². The van der Waals surface area contributed by atoms with Gasteiger partial charge in [-0.15, -0.1) is 6.58 Å². The van der Waals surface area contributed by atoms with E-state index >= 15 is 0 Å². The van der Waals surface area contributed by atoms with Gasteiger partial charge in [0, 0.05) is 15.2 Å². The summed E-state index contributed by atoms with van der Waals surface area (Å²) in [6, 6.07) is 13.6. The second-order valence-electron chi connectivity index (χ2n) is 7.71. The number of hydrogen-bond donors (Lipinski definition) is 1. The fraction of sp³-hybridized carbons (Fsp3) is 0.192. The maximum Gasteiger partial charge on any atom is 0.416 e. The average molecular weight is 625 g/mol. The highest BCUT2D eigenvalue weighted by atomic mass is 127. The van der Waals surface area contributed by atoms with Gasteiger partial charge in [0.1, 0.15) is 12.3 Å². The summed E-state index contributed by atoms with van der Waals surface area (Å²) < 4.78 is 51.8. The molecule has 194 valence electrons. The normalized spacial score (nSPS) is 11.4. The molecule has 0 saturated heterocycles. The van der Waals surface area contributed by atoms with Crippen LogP contribution in [0.15, 0.2) is 72.4 Å². The summed E-state index contributed by atoms with van der Waals surface area (Å²) in [5.41, 5.74) is 2.78. The smallest absolute Gasteiger partial charge is 0.416 e. The number of benzene rings is 3. The van der Waals surface area contributed by atoms with E-state index in [4.69, 9.17) is 9.47 Å². The van der Waals surface area contributed by atoms with Gasteiger partial charge in [-0.3, -0.25) is 15.5 Å². The maximum absolute atomic E-state index is 12.9. The Morgan fingerprint density at radius 2 is 1.86 bits per heavy atom. The quantitative estimate of drug-likeness (QED) is 0.0791. The second kappa shape index (κ2) is 12.6. The topological polar surface area (TPSA) is 86.0 Å². The summed E-state index contributed by atoms with van der Waals surface area (Å²) in [5, 5.41) is 15.3. The number of nitrogens with zero attached hydrogens (tertiary/aromatic N) is 2. The lowest BCUT2D eigenvalue weighted by molar-refractivity contribution is -0.384. The van der Waals surface area contributed by atoms with E-state index in [9.17, 15) is 23.3 Å². The molecule has 3 rings (SSSR count). The number of halogens is 4. The van der Waals surface area contributed by atoms with Gasteiger partial charge in [-0.1, -0.05) is 18.2 Å². The first-order valence-corrected chi connectivity index (χ1v) is 12.1. The van der Waals surface area contributed by atoms with E-state index in [1.54, 1.807) is 18.2 Å². The number of nitrogens with one attached hydrogen (secondary N) is 1. The summed E-state index contributed by atoms with van der Waals surface area (Å²) in [6.45, 7) is 6.34. The van der Waals surface area contributed by atoms with Crippen LogP contribution in [0.3, 0.4) is 0 Å². The van der Waals surface area contributed by atoms with Crippen molar-refractivity contribution in [1.29, 1.82) is 0 Å². The molecule has 0 aliphatic rings. The van der Waals surface area contributed by atoms with Crippen LogP contribution in [0.2, 0.25) is 0 Å².